The van der Waals surface area contributed by atoms with Gasteiger partial charge in [-0.2, -0.15) is 0 Å². The Balaban J connectivity index is 1.43. The van der Waals surface area contributed by atoms with Crippen LogP contribution in [0.5, 0.6) is 0 Å². The van der Waals surface area contributed by atoms with Crippen LogP contribution < -0.4 is 0 Å². The molecule has 0 spiro atoms. The summed E-state index contributed by atoms with van der Waals surface area (Å²) in [6.07, 6.45) is 2.89. The second kappa shape index (κ2) is 7.53. The van der Waals surface area contributed by atoms with Crippen molar-refractivity contribution in [2.45, 2.75) is 25.5 Å². The van der Waals surface area contributed by atoms with Gasteiger partial charge in [-0.3, -0.25) is 4.79 Å². The number of H-pyrrole nitrogens is 1. The van der Waals surface area contributed by atoms with Gasteiger partial charge >= 0.3 is 0 Å². The number of carbonyl (C=O) groups excluding carboxylic acids is 1. The predicted molar refractivity (Wildman–Crippen MR) is 111 cm³/mol. The number of fused-ring (bicyclic) bond motifs is 1. The number of sulfonamides is 1. The summed E-state index contributed by atoms with van der Waals surface area (Å²) in [5.41, 5.74) is 3.51. The molecule has 0 atom stereocenters. The summed E-state index contributed by atoms with van der Waals surface area (Å²) in [6.45, 7) is 2.75. The number of nitrogens with one attached hydrogen (secondary N) is 1. The second-order valence-corrected chi connectivity index (χ2v) is 9.50. The van der Waals surface area contributed by atoms with Crippen LogP contribution in [0.15, 0.2) is 54.7 Å². The number of piperidine rings is 1. The monoisotopic (exact) mass is 396 g/mol. The lowest BCUT2D eigenvalue weighted by Crippen LogP contribution is -2.40. The number of hydrogen-bond acceptors (Lipinski definition) is 3. The van der Waals surface area contributed by atoms with Crippen molar-refractivity contribution < 1.29 is 13.2 Å². The number of nitrogens with zero attached hydrogens (tertiary/aromatic N) is 1. The average molecular weight is 397 g/mol. The third kappa shape index (κ3) is 3.75. The maximum Gasteiger partial charge on any atom is 0.218 e. The molecule has 0 unspecified atom stereocenters. The van der Waals surface area contributed by atoms with Gasteiger partial charge in [-0.1, -0.05) is 48.0 Å². The Hall–Kier alpha value is -2.44. The first-order valence-electron chi connectivity index (χ1n) is 9.58. The first-order chi connectivity index (χ1) is 13.4. The molecule has 0 aliphatic carbocycles. The summed E-state index contributed by atoms with van der Waals surface area (Å²) in [5.74, 6) is -0.0201. The van der Waals surface area contributed by atoms with Crippen molar-refractivity contribution in [1.82, 2.24) is 9.29 Å². The standard InChI is InChI=1S/C22H24N2O3S/c1-16-5-4-6-17(13-16)15-28(26,27)24-11-9-18(10-12-24)22(25)20-14-23-21-8-3-2-7-19(20)21/h2-8,13-14,18,23H,9-12,15H2,1H3. The van der Waals surface area contributed by atoms with E-state index in [-0.39, 0.29) is 17.5 Å². The highest BCUT2D eigenvalue weighted by atomic mass is 32.2. The van der Waals surface area contributed by atoms with Gasteiger partial charge in [0.25, 0.3) is 0 Å². The van der Waals surface area contributed by atoms with E-state index in [2.05, 4.69) is 4.98 Å². The highest BCUT2D eigenvalue weighted by molar-refractivity contribution is 7.88. The average Bonchev–Trinajstić information content (AvgIpc) is 3.11. The normalized spacial score (nSPS) is 16.5. The number of rotatable bonds is 5. The van der Waals surface area contributed by atoms with Gasteiger partial charge in [-0.15, -0.1) is 0 Å². The molecule has 1 saturated heterocycles. The summed E-state index contributed by atoms with van der Waals surface area (Å²) >= 11 is 0. The molecular formula is C22H24N2O3S. The molecule has 146 valence electrons. The van der Waals surface area contributed by atoms with E-state index >= 15 is 0 Å². The number of para-hydroxylation sites is 1. The molecule has 3 aromatic rings. The summed E-state index contributed by atoms with van der Waals surface area (Å²) in [6, 6.07) is 15.3. The molecule has 4 rings (SSSR count). The molecule has 0 amide bonds. The van der Waals surface area contributed by atoms with E-state index in [0.29, 0.717) is 31.5 Å². The van der Waals surface area contributed by atoms with Crippen LogP contribution in [0.1, 0.15) is 34.3 Å². The zero-order valence-corrected chi connectivity index (χ0v) is 16.7. The molecule has 2 aromatic carbocycles. The molecule has 1 aliphatic heterocycles. The van der Waals surface area contributed by atoms with Crippen molar-refractivity contribution in [2.24, 2.45) is 5.92 Å². The molecule has 0 bridgehead atoms. The van der Waals surface area contributed by atoms with E-state index in [9.17, 15) is 13.2 Å². The lowest BCUT2D eigenvalue weighted by Gasteiger charge is -2.30. The van der Waals surface area contributed by atoms with Crippen molar-refractivity contribution >= 4 is 26.7 Å². The van der Waals surface area contributed by atoms with E-state index in [1.54, 1.807) is 6.20 Å². The number of aromatic amines is 1. The topological polar surface area (TPSA) is 70.2 Å². The fourth-order valence-electron chi connectivity index (χ4n) is 4.00. The van der Waals surface area contributed by atoms with Crippen LogP contribution in [0, 0.1) is 12.8 Å². The van der Waals surface area contributed by atoms with E-state index in [0.717, 1.165) is 22.0 Å². The lowest BCUT2D eigenvalue weighted by molar-refractivity contribution is 0.0877. The summed E-state index contributed by atoms with van der Waals surface area (Å²) in [4.78, 5) is 16.1. The Morgan fingerprint density at radius 3 is 2.61 bits per heavy atom. The third-order valence-corrected chi connectivity index (χ3v) is 7.35. The van der Waals surface area contributed by atoms with Crippen LogP contribution >= 0.6 is 0 Å². The minimum Gasteiger partial charge on any atom is -0.360 e. The quantitative estimate of drug-likeness (QED) is 0.665. The van der Waals surface area contributed by atoms with Gasteiger partial charge in [0.1, 0.15) is 0 Å². The smallest absolute Gasteiger partial charge is 0.218 e. The largest absolute Gasteiger partial charge is 0.360 e. The second-order valence-electron chi connectivity index (χ2n) is 7.53. The Morgan fingerprint density at radius 2 is 1.86 bits per heavy atom. The van der Waals surface area contributed by atoms with Crippen molar-refractivity contribution in [1.29, 1.82) is 0 Å². The van der Waals surface area contributed by atoms with Crippen molar-refractivity contribution in [2.75, 3.05) is 13.1 Å². The Kier molecular flexibility index (Phi) is 5.08. The number of Topliss-reactive ketones (excluding diaryl/α,β-unsaturated/α-hetero) is 1. The fraction of sp³-hybridized carbons (Fsp3) is 0.318. The van der Waals surface area contributed by atoms with Gasteiger partial charge in [0.15, 0.2) is 5.78 Å². The fourth-order valence-corrected chi connectivity index (χ4v) is 5.55. The Labute approximate surface area is 165 Å². The number of ketones is 1. The van der Waals surface area contributed by atoms with E-state index in [4.69, 9.17) is 0 Å². The van der Waals surface area contributed by atoms with Gasteiger partial charge in [0.05, 0.1) is 5.75 Å². The van der Waals surface area contributed by atoms with Gasteiger partial charge < -0.3 is 4.98 Å². The molecule has 28 heavy (non-hydrogen) atoms. The molecule has 1 fully saturated rings. The zero-order valence-electron chi connectivity index (χ0n) is 15.9. The molecule has 2 heterocycles. The van der Waals surface area contributed by atoms with Gasteiger partial charge in [-0.05, 0) is 31.4 Å². The highest BCUT2D eigenvalue weighted by Gasteiger charge is 2.32. The number of hydrogen-bond donors (Lipinski definition) is 1. The van der Waals surface area contributed by atoms with E-state index < -0.39 is 10.0 Å². The number of aromatic nitrogens is 1. The third-order valence-electron chi connectivity index (χ3n) is 5.50. The molecule has 1 aliphatic rings. The van der Waals surface area contributed by atoms with Crippen LogP contribution in [0.3, 0.4) is 0 Å². The van der Waals surface area contributed by atoms with E-state index in [1.807, 2.05) is 55.5 Å². The zero-order chi connectivity index (χ0) is 19.7. The van der Waals surface area contributed by atoms with Gasteiger partial charge in [0, 0.05) is 41.7 Å². The molecule has 0 saturated carbocycles. The Morgan fingerprint density at radius 1 is 1.11 bits per heavy atom. The first kappa shape index (κ1) is 18.9. The molecule has 1 N–H and O–H groups in total. The summed E-state index contributed by atoms with van der Waals surface area (Å²) in [5, 5.41) is 0.932. The van der Waals surface area contributed by atoms with Crippen LogP contribution in [0.2, 0.25) is 0 Å². The predicted octanol–water partition coefficient (Wildman–Crippen LogP) is 3.90. The summed E-state index contributed by atoms with van der Waals surface area (Å²) in [7, 11) is -3.37. The molecule has 0 radical (unpaired) electrons. The van der Waals surface area contributed by atoms with Crippen LogP contribution in [0.4, 0.5) is 0 Å². The SMILES string of the molecule is Cc1cccc(CS(=O)(=O)N2CCC(C(=O)c3c[nH]c4ccccc34)CC2)c1. The first-order valence-corrected chi connectivity index (χ1v) is 11.2. The Bertz CT molecular complexity index is 1110. The molecule has 1 aromatic heterocycles. The van der Waals surface area contributed by atoms with Crippen LogP contribution in [-0.4, -0.2) is 36.6 Å². The molecule has 6 heteroatoms. The van der Waals surface area contributed by atoms with Crippen LogP contribution in [-0.2, 0) is 15.8 Å². The minimum atomic E-state index is -3.37. The van der Waals surface area contributed by atoms with Crippen molar-refractivity contribution in [3.05, 3.63) is 71.4 Å². The number of carbonyl (C=O) groups is 1. The lowest BCUT2D eigenvalue weighted by atomic mass is 9.89. The molecular weight excluding hydrogens is 372 g/mol. The maximum absolute atomic E-state index is 13.0. The van der Waals surface area contributed by atoms with E-state index in [1.165, 1.54) is 4.31 Å². The maximum atomic E-state index is 13.0. The van der Waals surface area contributed by atoms with Gasteiger partial charge in [-0.25, -0.2) is 12.7 Å². The minimum absolute atomic E-state index is 0.00966. The number of benzene rings is 2. The highest BCUT2D eigenvalue weighted by Crippen LogP contribution is 2.28. The van der Waals surface area contributed by atoms with Crippen LogP contribution in [0.25, 0.3) is 10.9 Å². The molecule has 5 nitrogen and oxygen atoms in total. The number of aryl methyl sites for hydroxylation is 1. The van der Waals surface area contributed by atoms with Gasteiger partial charge in [0.2, 0.25) is 10.0 Å². The van der Waals surface area contributed by atoms with Crippen molar-refractivity contribution in [3.8, 4) is 0 Å². The summed E-state index contributed by atoms with van der Waals surface area (Å²) < 4.78 is 27.1. The van der Waals surface area contributed by atoms with Crippen molar-refractivity contribution in [3.63, 3.8) is 0 Å².